The van der Waals surface area contributed by atoms with Crippen LogP contribution in [0, 0.1) is 0 Å². The van der Waals surface area contributed by atoms with Crippen LogP contribution in [-0.4, -0.2) is 42.1 Å². The fourth-order valence-electron chi connectivity index (χ4n) is 1.37. The average Bonchev–Trinajstić information content (AvgIpc) is 2.53. The molecule has 0 aliphatic rings. The maximum atomic E-state index is 4.29. The first kappa shape index (κ1) is 11.2. The minimum Gasteiger partial charge on any atom is -0.337 e. The van der Waals surface area contributed by atoms with Crippen molar-refractivity contribution in [2.75, 3.05) is 27.7 Å². The Labute approximate surface area is 85.9 Å². The van der Waals surface area contributed by atoms with E-state index < -0.39 is 0 Å². The molecule has 1 N–H and O–H groups in total. The van der Waals surface area contributed by atoms with E-state index in [9.17, 15) is 0 Å². The number of hydrogen-bond acceptors (Lipinski definition) is 3. The lowest BCUT2D eigenvalue weighted by Gasteiger charge is -2.08. The number of imidazole rings is 1. The minimum absolute atomic E-state index is 0.848. The molecule has 0 aliphatic carbocycles. The second kappa shape index (κ2) is 5.78. The third kappa shape index (κ3) is 3.89. The normalized spacial score (nSPS) is 11.1. The van der Waals surface area contributed by atoms with Gasteiger partial charge in [0.25, 0.3) is 0 Å². The van der Waals surface area contributed by atoms with Crippen molar-refractivity contribution in [3.8, 4) is 0 Å². The summed E-state index contributed by atoms with van der Waals surface area (Å²) in [7, 11) is 6.13. The van der Waals surface area contributed by atoms with Gasteiger partial charge in [-0.1, -0.05) is 0 Å². The van der Waals surface area contributed by atoms with Crippen molar-refractivity contribution in [1.82, 2.24) is 19.8 Å². The quantitative estimate of drug-likeness (QED) is 0.721. The van der Waals surface area contributed by atoms with E-state index in [0.717, 1.165) is 25.3 Å². The molecule has 1 heterocycles. The largest absolute Gasteiger partial charge is 0.337 e. The van der Waals surface area contributed by atoms with Gasteiger partial charge in [0.2, 0.25) is 0 Å². The molecule has 0 bridgehead atoms. The van der Waals surface area contributed by atoms with Gasteiger partial charge in [-0.05, 0) is 34.1 Å². The first-order valence-corrected chi connectivity index (χ1v) is 5.02. The molecule has 4 heteroatoms. The highest BCUT2D eigenvalue weighted by atomic mass is 15.1. The maximum Gasteiger partial charge on any atom is 0.0949 e. The molecule has 80 valence electrons. The van der Waals surface area contributed by atoms with Crippen LogP contribution in [0.1, 0.15) is 12.1 Å². The van der Waals surface area contributed by atoms with Crippen LogP contribution in [0.25, 0.3) is 0 Å². The lowest BCUT2D eigenvalue weighted by atomic mass is 10.4. The van der Waals surface area contributed by atoms with Crippen molar-refractivity contribution >= 4 is 0 Å². The maximum absolute atomic E-state index is 4.29. The van der Waals surface area contributed by atoms with Crippen LogP contribution in [-0.2, 0) is 13.1 Å². The predicted octanol–water partition coefficient (Wildman–Crippen LogP) is 0.554. The molecule has 0 amide bonds. The molecule has 0 saturated heterocycles. The summed E-state index contributed by atoms with van der Waals surface area (Å²) in [6.07, 6.45) is 5.18. The van der Waals surface area contributed by atoms with Gasteiger partial charge in [-0.25, -0.2) is 4.98 Å². The summed E-state index contributed by atoms with van der Waals surface area (Å²) < 4.78 is 2.15. The Morgan fingerprint density at radius 3 is 2.93 bits per heavy atom. The summed E-state index contributed by atoms with van der Waals surface area (Å²) in [5.74, 6) is 0. The molecule has 1 aromatic heterocycles. The molecule has 0 fully saturated rings. The van der Waals surface area contributed by atoms with Crippen LogP contribution in [0.2, 0.25) is 0 Å². The van der Waals surface area contributed by atoms with Gasteiger partial charge in [0, 0.05) is 19.3 Å². The number of nitrogens with one attached hydrogen (secondary N) is 1. The van der Waals surface area contributed by atoms with E-state index in [2.05, 4.69) is 40.1 Å². The molecule has 0 aliphatic heterocycles. The number of aryl methyl sites for hydroxylation is 1. The lowest BCUT2D eigenvalue weighted by Crippen LogP contribution is -2.14. The summed E-state index contributed by atoms with van der Waals surface area (Å²) in [4.78, 5) is 6.49. The number of aromatic nitrogens is 2. The lowest BCUT2D eigenvalue weighted by molar-refractivity contribution is 0.386. The zero-order chi connectivity index (χ0) is 10.4. The van der Waals surface area contributed by atoms with Gasteiger partial charge >= 0.3 is 0 Å². The van der Waals surface area contributed by atoms with Crippen molar-refractivity contribution in [1.29, 1.82) is 0 Å². The first-order chi connectivity index (χ1) is 6.72. The second-order valence-corrected chi connectivity index (χ2v) is 3.79. The molecular weight excluding hydrogens is 176 g/mol. The highest BCUT2D eigenvalue weighted by Crippen LogP contribution is 1.97. The summed E-state index contributed by atoms with van der Waals surface area (Å²) in [5.41, 5.74) is 1.11. The molecule has 1 aromatic rings. The number of hydrogen-bond donors (Lipinski definition) is 1. The molecule has 0 radical (unpaired) electrons. The van der Waals surface area contributed by atoms with Gasteiger partial charge in [-0.2, -0.15) is 0 Å². The van der Waals surface area contributed by atoms with Crippen LogP contribution in [0.4, 0.5) is 0 Å². The van der Waals surface area contributed by atoms with Crippen molar-refractivity contribution in [3.05, 3.63) is 18.2 Å². The Morgan fingerprint density at radius 2 is 2.29 bits per heavy atom. The van der Waals surface area contributed by atoms with Gasteiger partial charge in [-0.15, -0.1) is 0 Å². The van der Waals surface area contributed by atoms with E-state index in [1.165, 1.54) is 6.42 Å². The predicted molar refractivity (Wildman–Crippen MR) is 58.2 cm³/mol. The first-order valence-electron chi connectivity index (χ1n) is 5.02. The molecule has 0 spiro atoms. The third-order valence-electron chi connectivity index (χ3n) is 2.07. The van der Waals surface area contributed by atoms with Crippen LogP contribution < -0.4 is 5.32 Å². The van der Waals surface area contributed by atoms with Crippen molar-refractivity contribution in [2.24, 2.45) is 0 Å². The summed E-state index contributed by atoms with van der Waals surface area (Å²) in [6, 6.07) is 0. The fraction of sp³-hybridized carbons (Fsp3) is 0.700. The molecule has 0 saturated carbocycles. The zero-order valence-electron chi connectivity index (χ0n) is 9.32. The van der Waals surface area contributed by atoms with Crippen LogP contribution in [0.3, 0.4) is 0 Å². The van der Waals surface area contributed by atoms with Crippen molar-refractivity contribution in [2.45, 2.75) is 19.5 Å². The van der Waals surface area contributed by atoms with Crippen molar-refractivity contribution < 1.29 is 0 Å². The Balaban J connectivity index is 2.28. The van der Waals surface area contributed by atoms with Crippen LogP contribution in [0.15, 0.2) is 12.5 Å². The average molecular weight is 196 g/mol. The van der Waals surface area contributed by atoms with Gasteiger partial charge in [0.1, 0.15) is 0 Å². The molecule has 14 heavy (non-hydrogen) atoms. The van der Waals surface area contributed by atoms with Crippen LogP contribution in [0.5, 0.6) is 0 Å². The Bertz CT molecular complexity index is 254. The third-order valence-corrected chi connectivity index (χ3v) is 2.07. The number of nitrogens with zero attached hydrogens (tertiary/aromatic N) is 3. The number of rotatable bonds is 6. The van der Waals surface area contributed by atoms with Gasteiger partial charge in [-0.3, -0.25) is 0 Å². The van der Waals surface area contributed by atoms with E-state index in [1.54, 1.807) is 0 Å². The van der Waals surface area contributed by atoms with E-state index in [1.807, 2.05) is 13.4 Å². The monoisotopic (exact) mass is 196 g/mol. The smallest absolute Gasteiger partial charge is 0.0949 e. The molecule has 1 rings (SSSR count). The van der Waals surface area contributed by atoms with Gasteiger partial charge in [0.05, 0.1) is 12.0 Å². The highest BCUT2D eigenvalue weighted by Gasteiger charge is 1.97. The zero-order valence-corrected chi connectivity index (χ0v) is 9.32. The standard InChI is InChI=1S/C10H20N4/c1-11-7-10-8-14(9-12-10)6-4-5-13(2)3/h8-9,11H,4-7H2,1-3H3. The minimum atomic E-state index is 0.848. The highest BCUT2D eigenvalue weighted by molar-refractivity contribution is 4.95. The summed E-state index contributed by atoms with van der Waals surface area (Å²) in [6.45, 7) is 3.02. The fourth-order valence-corrected chi connectivity index (χ4v) is 1.37. The second-order valence-electron chi connectivity index (χ2n) is 3.79. The molecule has 0 unspecified atom stereocenters. The Kier molecular flexibility index (Phi) is 4.62. The Hall–Kier alpha value is -0.870. The van der Waals surface area contributed by atoms with E-state index in [-0.39, 0.29) is 0 Å². The van der Waals surface area contributed by atoms with E-state index in [4.69, 9.17) is 0 Å². The Morgan fingerprint density at radius 1 is 1.50 bits per heavy atom. The molecule has 4 nitrogen and oxygen atoms in total. The van der Waals surface area contributed by atoms with Crippen molar-refractivity contribution in [3.63, 3.8) is 0 Å². The molecular formula is C10H20N4. The topological polar surface area (TPSA) is 33.1 Å². The summed E-state index contributed by atoms with van der Waals surface area (Å²) in [5, 5.41) is 3.09. The van der Waals surface area contributed by atoms with E-state index in [0.29, 0.717) is 0 Å². The molecule has 0 aromatic carbocycles. The SMILES string of the molecule is CNCc1cn(CCCN(C)C)cn1. The van der Waals surface area contributed by atoms with Gasteiger partial charge < -0.3 is 14.8 Å². The molecule has 0 atom stereocenters. The van der Waals surface area contributed by atoms with E-state index >= 15 is 0 Å². The van der Waals surface area contributed by atoms with Gasteiger partial charge in [0.15, 0.2) is 0 Å². The summed E-state index contributed by atoms with van der Waals surface area (Å²) >= 11 is 0. The van der Waals surface area contributed by atoms with Crippen LogP contribution >= 0.6 is 0 Å².